The van der Waals surface area contributed by atoms with Gasteiger partial charge < -0.3 is 53.3 Å². The van der Waals surface area contributed by atoms with Crippen LogP contribution in [0.15, 0.2) is 161 Å². The Morgan fingerprint density at radius 2 is 1.20 bits per heavy atom. The molecule has 0 bridgehead atoms. The molecule has 1 fully saturated rings. The first-order valence-corrected chi connectivity index (χ1v) is 19.4. The van der Waals surface area contributed by atoms with Gasteiger partial charge in [-0.1, -0.05) is 121 Å². The van der Waals surface area contributed by atoms with Gasteiger partial charge in [-0.2, -0.15) is 0 Å². The van der Waals surface area contributed by atoms with E-state index < -0.39 is 48.5 Å². The van der Waals surface area contributed by atoms with Gasteiger partial charge in [-0.25, -0.2) is 0 Å². The van der Waals surface area contributed by atoms with Gasteiger partial charge in [0.25, 0.3) is 0 Å². The van der Waals surface area contributed by atoms with E-state index in [4.69, 9.17) is 32.8 Å². The predicted molar refractivity (Wildman–Crippen MR) is 219 cm³/mol. The van der Waals surface area contributed by atoms with Gasteiger partial charge in [0.15, 0.2) is 17.3 Å². The van der Waals surface area contributed by atoms with Crippen LogP contribution in [0, 0.1) is 0 Å². The summed E-state index contributed by atoms with van der Waals surface area (Å²) in [7, 11) is 0. The predicted octanol–water partition coefficient (Wildman–Crippen LogP) is 6.47. The Bertz CT molecular complexity index is 2600. The van der Waals surface area contributed by atoms with Crippen LogP contribution in [0.25, 0.3) is 22.3 Å². The minimum absolute atomic E-state index is 0.0307. The normalized spacial score (nSPS) is 20.4. The van der Waals surface area contributed by atoms with E-state index in [1.807, 2.05) is 121 Å². The largest absolute Gasteiger partial charge is 0.488 e. The van der Waals surface area contributed by atoms with Crippen LogP contribution in [0.4, 0.5) is 0 Å². The molecule has 304 valence electrons. The zero-order valence-electron chi connectivity index (χ0n) is 32.0. The fourth-order valence-electron chi connectivity index (χ4n) is 7.37. The fourth-order valence-corrected chi connectivity index (χ4v) is 7.37. The number of aliphatic hydroxyl groups is 4. The lowest BCUT2D eigenvalue weighted by atomic mass is 9.97. The van der Waals surface area contributed by atoms with Crippen LogP contribution in [0.5, 0.6) is 28.7 Å². The molecule has 5 atom stereocenters. The minimum Gasteiger partial charge on any atom is -0.488 e. The Morgan fingerprint density at radius 1 is 0.617 bits per heavy atom. The minimum atomic E-state index is -1.70. The summed E-state index contributed by atoms with van der Waals surface area (Å²) in [6.45, 7) is -0.544. The molecule has 1 aromatic heterocycles. The van der Waals surface area contributed by atoms with Crippen molar-refractivity contribution < 1.29 is 53.3 Å². The summed E-state index contributed by atoms with van der Waals surface area (Å²) in [5, 5.41) is 41.5. The molecule has 0 aliphatic carbocycles. The van der Waals surface area contributed by atoms with Gasteiger partial charge in [0.2, 0.25) is 17.5 Å². The highest BCUT2D eigenvalue weighted by Gasteiger charge is 2.46. The molecule has 12 heteroatoms. The monoisotopic (exact) mass is 808 g/mol. The van der Waals surface area contributed by atoms with Gasteiger partial charge in [0, 0.05) is 28.8 Å². The van der Waals surface area contributed by atoms with Crippen molar-refractivity contribution >= 4 is 11.0 Å². The molecule has 0 radical (unpaired) electrons. The van der Waals surface area contributed by atoms with Crippen LogP contribution >= 0.6 is 0 Å². The van der Waals surface area contributed by atoms with Crippen molar-refractivity contribution in [1.82, 2.24) is 0 Å². The molecular formula is C48H40O12. The summed E-state index contributed by atoms with van der Waals surface area (Å²) in [4.78, 5) is 14.9. The molecule has 0 spiro atoms. The van der Waals surface area contributed by atoms with Crippen molar-refractivity contribution in [2.45, 2.75) is 49.7 Å². The van der Waals surface area contributed by atoms with E-state index in [-0.39, 0.29) is 47.2 Å². The second-order valence-electron chi connectivity index (χ2n) is 14.5. The van der Waals surface area contributed by atoms with E-state index in [9.17, 15) is 25.2 Å². The molecule has 1 saturated heterocycles. The van der Waals surface area contributed by atoms with E-state index in [1.165, 1.54) is 12.1 Å². The van der Waals surface area contributed by atoms with Crippen molar-refractivity contribution in [1.29, 1.82) is 0 Å². The van der Waals surface area contributed by atoms with E-state index >= 15 is 0 Å². The SMILES string of the molecule is O=c1c(OCc2ccccc2)c(-c2ccc3c(c2)OC(c2ccccc2)(c2ccccc2)O3)oc2cc(O[C@@H]3O[C@H](CO)[C@@H](O)[C@H](O)[C@H]3O)cc(OCc3ccccc3)c12. The lowest BCUT2D eigenvalue weighted by Crippen LogP contribution is -2.60. The number of rotatable bonds is 12. The maximum Gasteiger partial charge on any atom is 0.305 e. The zero-order chi connectivity index (χ0) is 41.2. The third-order valence-corrected chi connectivity index (χ3v) is 10.5. The number of hydrogen-bond donors (Lipinski definition) is 4. The number of fused-ring (bicyclic) bond motifs is 2. The highest BCUT2D eigenvalue weighted by atomic mass is 16.7. The Morgan fingerprint density at radius 3 is 1.82 bits per heavy atom. The molecule has 6 aromatic carbocycles. The summed E-state index contributed by atoms with van der Waals surface area (Å²) in [6.07, 6.45) is -7.71. The van der Waals surface area contributed by atoms with Crippen LogP contribution in [-0.4, -0.2) is 57.7 Å². The number of aliphatic hydroxyl groups excluding tert-OH is 4. The highest BCUT2D eigenvalue weighted by Crippen LogP contribution is 2.50. The summed E-state index contributed by atoms with van der Waals surface area (Å²) in [6, 6.07) is 46.0. The highest BCUT2D eigenvalue weighted by molar-refractivity contribution is 5.89. The van der Waals surface area contributed by atoms with Crippen molar-refractivity contribution in [3.8, 4) is 40.1 Å². The smallest absolute Gasteiger partial charge is 0.305 e. The summed E-state index contributed by atoms with van der Waals surface area (Å²) in [5.41, 5.74) is 3.10. The van der Waals surface area contributed by atoms with Crippen LogP contribution in [0.3, 0.4) is 0 Å². The Labute approximate surface area is 343 Å². The van der Waals surface area contributed by atoms with Gasteiger partial charge in [-0.05, 0) is 29.3 Å². The molecule has 12 nitrogen and oxygen atoms in total. The van der Waals surface area contributed by atoms with Gasteiger partial charge in [0.05, 0.1) is 6.61 Å². The van der Waals surface area contributed by atoms with Gasteiger partial charge in [-0.15, -0.1) is 0 Å². The average Bonchev–Trinajstić information content (AvgIpc) is 3.69. The average molecular weight is 809 g/mol. The van der Waals surface area contributed by atoms with Gasteiger partial charge in [0.1, 0.15) is 60.1 Å². The van der Waals surface area contributed by atoms with Crippen LogP contribution in [0.1, 0.15) is 22.3 Å². The third-order valence-electron chi connectivity index (χ3n) is 10.5. The van der Waals surface area contributed by atoms with Crippen molar-refractivity contribution in [3.63, 3.8) is 0 Å². The van der Waals surface area contributed by atoms with E-state index in [2.05, 4.69) is 0 Å². The molecule has 0 amide bonds. The molecule has 7 aromatic rings. The third kappa shape index (κ3) is 7.43. The first-order chi connectivity index (χ1) is 29.3. The zero-order valence-corrected chi connectivity index (χ0v) is 32.0. The summed E-state index contributed by atoms with van der Waals surface area (Å²) in [5.74, 6) is -0.357. The number of hydrogen-bond acceptors (Lipinski definition) is 12. The molecule has 0 saturated carbocycles. The second-order valence-corrected chi connectivity index (χ2v) is 14.5. The molecule has 2 aliphatic heterocycles. The molecule has 4 N–H and O–H groups in total. The molecule has 3 heterocycles. The Hall–Kier alpha value is -6.67. The second kappa shape index (κ2) is 16.5. The summed E-state index contributed by atoms with van der Waals surface area (Å²) >= 11 is 0. The summed E-state index contributed by atoms with van der Waals surface area (Å²) < 4.78 is 44.3. The van der Waals surface area contributed by atoms with Crippen LogP contribution in [-0.2, 0) is 23.7 Å². The molecule has 9 rings (SSSR count). The fraction of sp³-hybridized carbons (Fsp3) is 0.188. The lowest BCUT2D eigenvalue weighted by molar-refractivity contribution is -0.277. The standard InChI is InChI=1S/C48H40O12/c49-26-39-41(50)43(52)44(53)47(58-39)56-34-24-37(54-27-29-13-5-1-6-14-29)40-38(25-34)57-45(46(42(40)51)55-28-30-15-7-2-8-16-30)31-21-22-35-36(23-31)60-48(59-35,32-17-9-3-10-18-32)33-19-11-4-12-20-33/h1-25,39,41,43-44,47,49-50,52-53H,26-28H2/t39-,41-,43+,44-,47-/m1/s1. The number of ether oxygens (including phenoxy) is 6. The van der Waals surface area contributed by atoms with Crippen LogP contribution in [0.2, 0.25) is 0 Å². The Balaban J connectivity index is 1.17. The molecule has 60 heavy (non-hydrogen) atoms. The lowest BCUT2D eigenvalue weighted by Gasteiger charge is -2.39. The quantitative estimate of drug-likeness (QED) is 0.107. The van der Waals surface area contributed by atoms with E-state index in [1.54, 1.807) is 18.2 Å². The van der Waals surface area contributed by atoms with Crippen molar-refractivity contribution in [2.75, 3.05) is 6.61 Å². The molecular weight excluding hydrogens is 769 g/mol. The first-order valence-electron chi connectivity index (χ1n) is 19.4. The Kier molecular flexibility index (Phi) is 10.7. The number of benzene rings is 6. The van der Waals surface area contributed by atoms with E-state index in [0.717, 1.165) is 22.3 Å². The maximum absolute atomic E-state index is 14.9. The van der Waals surface area contributed by atoms with Gasteiger partial charge in [-0.3, -0.25) is 4.79 Å². The van der Waals surface area contributed by atoms with E-state index in [0.29, 0.717) is 17.1 Å². The molecule has 2 aliphatic rings. The maximum atomic E-state index is 14.9. The van der Waals surface area contributed by atoms with Crippen molar-refractivity contribution in [3.05, 3.63) is 184 Å². The topological polar surface area (TPSA) is 167 Å². The first kappa shape index (κ1) is 38.8. The molecule has 0 unspecified atom stereocenters. The van der Waals surface area contributed by atoms with Gasteiger partial charge >= 0.3 is 5.79 Å². The van der Waals surface area contributed by atoms with Crippen LogP contribution < -0.4 is 29.1 Å². The van der Waals surface area contributed by atoms with Crippen molar-refractivity contribution in [2.24, 2.45) is 0 Å².